The number of likely N-dealkylation sites (tertiary alicyclic amines) is 1. The van der Waals surface area contributed by atoms with Gasteiger partial charge in [0.15, 0.2) is 22.4 Å². The number of halogens is 1. The third-order valence-electron chi connectivity index (χ3n) is 5.64. The van der Waals surface area contributed by atoms with Crippen molar-refractivity contribution in [2.75, 3.05) is 26.8 Å². The molecular formula is C25H24ClN3O5S2. The smallest absolute Gasteiger partial charge is 0.285 e. The summed E-state index contributed by atoms with van der Waals surface area (Å²) in [6.45, 7) is 1.45. The highest BCUT2D eigenvalue weighted by atomic mass is 35.5. The Morgan fingerprint density at radius 2 is 1.92 bits per heavy atom. The number of carbonyl (C=O) groups excluding carboxylic acids is 3. The van der Waals surface area contributed by atoms with Crippen LogP contribution in [-0.2, 0) is 9.59 Å². The van der Waals surface area contributed by atoms with Crippen LogP contribution < -0.4 is 14.9 Å². The maximum Gasteiger partial charge on any atom is 0.285 e. The lowest BCUT2D eigenvalue weighted by molar-refractivity contribution is -0.134. The molecule has 2 aromatic carbocycles. The zero-order valence-electron chi connectivity index (χ0n) is 19.5. The number of methoxy groups -OCH3 is 1. The maximum atomic E-state index is 12.9. The van der Waals surface area contributed by atoms with Crippen molar-refractivity contribution < 1.29 is 23.9 Å². The molecule has 11 heteroatoms. The third kappa shape index (κ3) is 6.18. The van der Waals surface area contributed by atoms with Crippen LogP contribution in [0.4, 0.5) is 0 Å². The lowest BCUT2D eigenvalue weighted by Gasteiger charge is -2.26. The van der Waals surface area contributed by atoms with E-state index in [1.165, 1.54) is 13.2 Å². The number of carbonyl (C=O) groups is 3. The average molecular weight is 546 g/mol. The van der Waals surface area contributed by atoms with Gasteiger partial charge in [-0.15, -0.1) is 0 Å². The van der Waals surface area contributed by atoms with Crippen LogP contribution in [0.2, 0.25) is 5.02 Å². The lowest BCUT2D eigenvalue weighted by atomic mass is 10.1. The second kappa shape index (κ2) is 11.8. The molecule has 0 spiro atoms. The number of amides is 3. The van der Waals surface area contributed by atoms with Crippen molar-refractivity contribution in [2.45, 2.75) is 19.3 Å². The fourth-order valence-corrected chi connectivity index (χ4v) is 5.15. The maximum absolute atomic E-state index is 12.9. The Morgan fingerprint density at radius 3 is 2.64 bits per heavy atom. The van der Waals surface area contributed by atoms with E-state index < -0.39 is 11.8 Å². The molecule has 2 aliphatic heterocycles. The largest absolute Gasteiger partial charge is 0.493 e. The van der Waals surface area contributed by atoms with Crippen LogP contribution in [0.1, 0.15) is 35.2 Å². The Labute approximate surface area is 223 Å². The summed E-state index contributed by atoms with van der Waals surface area (Å²) in [4.78, 5) is 40.0. The molecule has 8 nitrogen and oxygen atoms in total. The van der Waals surface area contributed by atoms with Crippen molar-refractivity contribution >= 4 is 63.7 Å². The fraction of sp³-hybridized carbons (Fsp3) is 0.280. The molecule has 3 amide bonds. The summed E-state index contributed by atoms with van der Waals surface area (Å²) in [5.41, 5.74) is 3.50. The molecule has 2 aliphatic rings. The van der Waals surface area contributed by atoms with E-state index in [1.54, 1.807) is 42.5 Å². The van der Waals surface area contributed by atoms with Crippen LogP contribution in [0.25, 0.3) is 6.08 Å². The van der Waals surface area contributed by atoms with E-state index in [2.05, 4.69) is 5.43 Å². The highest BCUT2D eigenvalue weighted by Gasteiger charge is 2.34. The number of thiocarbonyl (C=S) groups is 1. The zero-order valence-corrected chi connectivity index (χ0v) is 21.9. The van der Waals surface area contributed by atoms with Crippen molar-refractivity contribution in [2.24, 2.45) is 0 Å². The van der Waals surface area contributed by atoms with Crippen LogP contribution in [0.5, 0.6) is 11.5 Å². The summed E-state index contributed by atoms with van der Waals surface area (Å²) in [6.07, 6.45) is 4.82. The Hall–Kier alpha value is -3.08. The molecule has 0 bridgehead atoms. The van der Waals surface area contributed by atoms with Gasteiger partial charge in [0.1, 0.15) is 0 Å². The molecule has 2 saturated heterocycles. The zero-order chi connectivity index (χ0) is 25.7. The molecule has 2 aromatic rings. The van der Waals surface area contributed by atoms with Crippen molar-refractivity contribution in [3.63, 3.8) is 0 Å². The van der Waals surface area contributed by atoms with Gasteiger partial charge in [-0.25, -0.2) is 0 Å². The second-order valence-corrected chi connectivity index (χ2v) is 10.2. The number of rotatable bonds is 7. The molecule has 0 aliphatic carbocycles. The van der Waals surface area contributed by atoms with Crippen LogP contribution >= 0.6 is 35.6 Å². The highest BCUT2D eigenvalue weighted by Crippen LogP contribution is 2.34. The van der Waals surface area contributed by atoms with Crippen LogP contribution in [-0.4, -0.2) is 58.8 Å². The molecule has 0 atom stereocenters. The van der Waals surface area contributed by atoms with E-state index in [0.29, 0.717) is 32.6 Å². The van der Waals surface area contributed by atoms with Gasteiger partial charge >= 0.3 is 0 Å². The average Bonchev–Trinajstić information content (AvgIpc) is 3.15. The van der Waals surface area contributed by atoms with E-state index in [1.807, 2.05) is 4.90 Å². The predicted molar refractivity (Wildman–Crippen MR) is 143 cm³/mol. The van der Waals surface area contributed by atoms with Gasteiger partial charge in [0.05, 0.1) is 12.0 Å². The van der Waals surface area contributed by atoms with Gasteiger partial charge in [0, 0.05) is 23.7 Å². The van der Waals surface area contributed by atoms with E-state index >= 15 is 0 Å². The fourth-order valence-electron chi connectivity index (χ4n) is 3.78. The van der Waals surface area contributed by atoms with Gasteiger partial charge in [0.25, 0.3) is 17.7 Å². The minimum absolute atomic E-state index is 0.0516. The molecule has 2 fully saturated rings. The topological polar surface area (TPSA) is 88.2 Å². The number of nitrogens with one attached hydrogen (secondary N) is 1. The van der Waals surface area contributed by atoms with Crippen molar-refractivity contribution in [3.05, 3.63) is 63.5 Å². The van der Waals surface area contributed by atoms with E-state index in [4.69, 9.17) is 33.3 Å². The molecule has 4 rings (SSSR count). The number of hydrogen-bond acceptors (Lipinski definition) is 7. The second-order valence-electron chi connectivity index (χ2n) is 8.11. The summed E-state index contributed by atoms with van der Waals surface area (Å²) >= 11 is 12.3. The summed E-state index contributed by atoms with van der Waals surface area (Å²) < 4.78 is 11.4. The molecular weight excluding hydrogens is 522 g/mol. The Morgan fingerprint density at radius 1 is 1.14 bits per heavy atom. The Bertz CT molecular complexity index is 1230. The quantitative estimate of drug-likeness (QED) is 0.410. The van der Waals surface area contributed by atoms with E-state index in [9.17, 15) is 14.4 Å². The van der Waals surface area contributed by atoms with E-state index in [-0.39, 0.29) is 16.8 Å². The molecule has 0 aromatic heterocycles. The van der Waals surface area contributed by atoms with E-state index in [0.717, 1.165) is 49.1 Å². The summed E-state index contributed by atoms with van der Waals surface area (Å²) in [5, 5.41) is 1.45. The molecule has 0 saturated carbocycles. The summed E-state index contributed by atoms with van der Waals surface area (Å²) in [7, 11) is 1.50. The first-order valence-electron chi connectivity index (χ1n) is 11.3. The molecule has 1 N–H and O–H groups in total. The van der Waals surface area contributed by atoms with Crippen LogP contribution in [0.15, 0.2) is 47.4 Å². The normalized spacial score (nSPS) is 16.9. The Balaban J connectivity index is 1.42. The number of nitrogens with zero attached hydrogens (tertiary/aromatic N) is 2. The number of hydrogen-bond donors (Lipinski definition) is 1. The van der Waals surface area contributed by atoms with Crippen molar-refractivity contribution in [1.82, 2.24) is 15.3 Å². The first-order valence-corrected chi connectivity index (χ1v) is 12.9. The molecule has 188 valence electrons. The molecule has 2 heterocycles. The number of hydrazine groups is 1. The van der Waals surface area contributed by atoms with Gasteiger partial charge in [-0.1, -0.05) is 35.5 Å². The highest BCUT2D eigenvalue weighted by molar-refractivity contribution is 8.26. The standard InChI is InChI=1S/C25H24ClN3O5S2/c1-33-20-12-16(8-9-19(20)34-15-22(30)28-10-3-2-4-11-28)13-21-24(32)29(25(35)36-21)27-23(31)17-6-5-7-18(26)14-17/h5-9,12-14H,2-4,10-11,15H2,1H3,(H,27,31)/b21-13+. The van der Waals surface area contributed by atoms with Crippen LogP contribution in [0.3, 0.4) is 0 Å². The summed E-state index contributed by atoms with van der Waals surface area (Å²) in [5.74, 6) is -0.144. The molecule has 36 heavy (non-hydrogen) atoms. The minimum atomic E-state index is -0.502. The van der Waals surface area contributed by atoms with Crippen LogP contribution in [0, 0.1) is 0 Å². The SMILES string of the molecule is COc1cc(/C=C2/SC(=S)N(NC(=O)c3cccc(Cl)c3)C2=O)ccc1OCC(=O)N1CCCCC1. The van der Waals surface area contributed by atoms with Crippen molar-refractivity contribution in [3.8, 4) is 11.5 Å². The first kappa shape index (κ1) is 26.0. The number of piperidine rings is 1. The molecule has 0 unspecified atom stereocenters. The van der Waals surface area contributed by atoms with Gasteiger partial charge in [-0.05, 0) is 73.5 Å². The number of benzene rings is 2. The number of ether oxygens (including phenoxy) is 2. The van der Waals surface area contributed by atoms with Gasteiger partial charge < -0.3 is 14.4 Å². The third-order valence-corrected chi connectivity index (χ3v) is 7.18. The molecule has 0 radical (unpaired) electrons. The van der Waals surface area contributed by atoms with Gasteiger partial charge in [-0.3, -0.25) is 19.8 Å². The minimum Gasteiger partial charge on any atom is -0.493 e. The van der Waals surface area contributed by atoms with Gasteiger partial charge in [0.2, 0.25) is 0 Å². The van der Waals surface area contributed by atoms with Crippen molar-refractivity contribution in [1.29, 1.82) is 0 Å². The lowest BCUT2D eigenvalue weighted by Crippen LogP contribution is -2.44. The first-order chi connectivity index (χ1) is 17.4. The summed E-state index contributed by atoms with van der Waals surface area (Å²) in [6, 6.07) is 11.5. The van der Waals surface area contributed by atoms with Gasteiger partial charge in [-0.2, -0.15) is 5.01 Å². The Kier molecular flexibility index (Phi) is 8.50. The predicted octanol–water partition coefficient (Wildman–Crippen LogP) is 4.29. The number of thioether (sulfide) groups is 1. The monoisotopic (exact) mass is 545 g/mol.